The van der Waals surface area contributed by atoms with Crippen LogP contribution < -0.4 is 5.73 Å². The zero-order chi connectivity index (χ0) is 9.14. The molecule has 0 spiro atoms. The van der Waals surface area contributed by atoms with E-state index in [9.17, 15) is 4.79 Å². The molecule has 5 heteroatoms. The van der Waals surface area contributed by atoms with Gasteiger partial charge >= 0.3 is 5.97 Å². The molecule has 66 valence electrons. The second-order valence-electron chi connectivity index (χ2n) is 2.45. The molecular formula is C7H11N3O2. The first-order chi connectivity index (χ1) is 5.65. The van der Waals surface area contributed by atoms with Crippen LogP contribution in [-0.4, -0.2) is 22.9 Å². The summed E-state index contributed by atoms with van der Waals surface area (Å²) in [5.41, 5.74) is 5.96. The Bertz CT molecular complexity index is 282. The molecule has 0 amide bonds. The molecule has 0 aromatic carbocycles. The van der Waals surface area contributed by atoms with Crippen molar-refractivity contribution in [1.29, 1.82) is 0 Å². The van der Waals surface area contributed by atoms with Crippen molar-refractivity contribution in [3.05, 3.63) is 12.4 Å². The molecule has 0 saturated carbocycles. The number of hydrogen-bond acceptors (Lipinski definition) is 4. The number of carbonyl (C=O) groups excluding carboxylic acids is 1. The third-order valence-corrected chi connectivity index (χ3v) is 1.56. The van der Waals surface area contributed by atoms with Crippen LogP contribution in [0.25, 0.3) is 0 Å². The average molecular weight is 169 g/mol. The Morgan fingerprint density at radius 1 is 1.83 bits per heavy atom. The maximum Gasteiger partial charge on any atom is 0.330 e. The van der Waals surface area contributed by atoms with E-state index >= 15 is 0 Å². The van der Waals surface area contributed by atoms with Gasteiger partial charge in [0, 0.05) is 6.20 Å². The zero-order valence-electron chi connectivity index (χ0n) is 7.02. The smallest absolute Gasteiger partial charge is 0.330 e. The molecule has 0 saturated heterocycles. The Labute approximate surface area is 70.1 Å². The molecule has 0 bridgehead atoms. The molecule has 0 radical (unpaired) electrons. The number of nitrogens with zero attached hydrogens (tertiary/aromatic N) is 2. The van der Waals surface area contributed by atoms with Crippen LogP contribution in [0.1, 0.15) is 13.0 Å². The first-order valence-electron chi connectivity index (χ1n) is 3.52. The number of ether oxygens (including phenoxy) is 1. The maximum atomic E-state index is 11.0. The summed E-state index contributed by atoms with van der Waals surface area (Å²) in [6.45, 7) is 1.69. The topological polar surface area (TPSA) is 70.1 Å². The van der Waals surface area contributed by atoms with Crippen molar-refractivity contribution in [3.8, 4) is 0 Å². The highest BCUT2D eigenvalue weighted by Gasteiger charge is 2.15. The molecule has 1 rings (SSSR count). The molecule has 2 N–H and O–H groups in total. The fourth-order valence-corrected chi connectivity index (χ4v) is 0.843. The van der Waals surface area contributed by atoms with E-state index in [0.717, 1.165) is 0 Å². The molecule has 0 aliphatic heterocycles. The second-order valence-corrected chi connectivity index (χ2v) is 2.45. The highest BCUT2D eigenvalue weighted by molar-refractivity contribution is 5.73. The summed E-state index contributed by atoms with van der Waals surface area (Å²) in [6, 6.07) is -0.424. The molecule has 1 aromatic heterocycles. The minimum atomic E-state index is -0.424. The summed E-state index contributed by atoms with van der Waals surface area (Å²) >= 11 is 0. The number of anilines is 1. The van der Waals surface area contributed by atoms with Gasteiger partial charge in [0.15, 0.2) is 0 Å². The zero-order valence-corrected chi connectivity index (χ0v) is 7.02. The molecular weight excluding hydrogens is 158 g/mol. The van der Waals surface area contributed by atoms with E-state index in [1.807, 2.05) is 0 Å². The first kappa shape index (κ1) is 8.58. The lowest BCUT2D eigenvalue weighted by atomic mass is 10.3. The van der Waals surface area contributed by atoms with E-state index in [-0.39, 0.29) is 5.97 Å². The summed E-state index contributed by atoms with van der Waals surface area (Å²) < 4.78 is 5.99. The molecule has 1 atom stereocenters. The van der Waals surface area contributed by atoms with Gasteiger partial charge in [0.25, 0.3) is 0 Å². The maximum absolute atomic E-state index is 11.0. The normalized spacial score (nSPS) is 12.5. The lowest BCUT2D eigenvalue weighted by Gasteiger charge is -2.08. The summed E-state index contributed by atoms with van der Waals surface area (Å²) in [4.78, 5) is 11.0. The Kier molecular flexibility index (Phi) is 2.32. The fourth-order valence-electron chi connectivity index (χ4n) is 0.843. The molecule has 12 heavy (non-hydrogen) atoms. The summed E-state index contributed by atoms with van der Waals surface area (Å²) in [5, 5.41) is 3.88. The Balaban J connectivity index is 2.77. The van der Waals surface area contributed by atoms with Gasteiger partial charge in [-0.25, -0.2) is 4.79 Å². The van der Waals surface area contributed by atoms with E-state index in [1.165, 1.54) is 18.0 Å². The van der Waals surface area contributed by atoms with Crippen LogP contribution in [0.15, 0.2) is 12.4 Å². The number of methoxy groups -OCH3 is 1. The SMILES string of the molecule is COC(=O)[C@H](C)n1cc(N)cn1. The molecule has 1 aromatic rings. The quantitative estimate of drug-likeness (QED) is 0.642. The van der Waals surface area contributed by atoms with Gasteiger partial charge in [-0.2, -0.15) is 5.10 Å². The number of esters is 1. The Hall–Kier alpha value is -1.52. The fraction of sp³-hybridized carbons (Fsp3) is 0.429. The van der Waals surface area contributed by atoms with Crippen molar-refractivity contribution in [1.82, 2.24) is 9.78 Å². The highest BCUT2D eigenvalue weighted by atomic mass is 16.5. The van der Waals surface area contributed by atoms with Gasteiger partial charge in [0.1, 0.15) is 6.04 Å². The van der Waals surface area contributed by atoms with Crippen LogP contribution in [0.5, 0.6) is 0 Å². The van der Waals surface area contributed by atoms with Gasteiger partial charge in [-0.05, 0) is 6.92 Å². The number of hydrogen-bond donors (Lipinski definition) is 1. The van der Waals surface area contributed by atoms with Gasteiger partial charge in [-0.3, -0.25) is 4.68 Å². The first-order valence-corrected chi connectivity index (χ1v) is 3.52. The predicted molar refractivity (Wildman–Crippen MR) is 43.4 cm³/mol. The lowest BCUT2D eigenvalue weighted by molar-refractivity contribution is -0.144. The van der Waals surface area contributed by atoms with Crippen LogP contribution >= 0.6 is 0 Å². The number of nitrogens with two attached hydrogens (primary N) is 1. The highest BCUT2D eigenvalue weighted by Crippen LogP contribution is 2.08. The third-order valence-electron chi connectivity index (χ3n) is 1.56. The van der Waals surface area contributed by atoms with Crippen LogP contribution in [0.4, 0.5) is 5.69 Å². The Morgan fingerprint density at radius 3 is 2.92 bits per heavy atom. The Morgan fingerprint density at radius 2 is 2.50 bits per heavy atom. The van der Waals surface area contributed by atoms with Gasteiger partial charge in [0.2, 0.25) is 0 Å². The molecule has 5 nitrogen and oxygen atoms in total. The van der Waals surface area contributed by atoms with E-state index < -0.39 is 6.04 Å². The van der Waals surface area contributed by atoms with Crippen LogP contribution in [0, 0.1) is 0 Å². The molecule has 0 aliphatic rings. The van der Waals surface area contributed by atoms with Crippen molar-refractivity contribution < 1.29 is 9.53 Å². The van der Waals surface area contributed by atoms with Crippen LogP contribution in [0.2, 0.25) is 0 Å². The number of nitrogen functional groups attached to an aromatic ring is 1. The monoisotopic (exact) mass is 169 g/mol. The van der Waals surface area contributed by atoms with Crippen molar-refractivity contribution in [2.75, 3.05) is 12.8 Å². The number of rotatable bonds is 2. The van der Waals surface area contributed by atoms with Gasteiger partial charge in [0.05, 0.1) is 19.0 Å². The van der Waals surface area contributed by atoms with E-state index in [2.05, 4.69) is 9.84 Å². The average Bonchev–Trinajstić information content (AvgIpc) is 2.49. The summed E-state index contributed by atoms with van der Waals surface area (Å²) in [5.74, 6) is -0.335. The molecule has 0 aliphatic carbocycles. The third kappa shape index (κ3) is 1.55. The minimum Gasteiger partial charge on any atom is -0.467 e. The molecule has 0 unspecified atom stereocenters. The molecule has 0 fully saturated rings. The van der Waals surface area contributed by atoms with Crippen molar-refractivity contribution in [2.45, 2.75) is 13.0 Å². The number of carbonyl (C=O) groups is 1. The van der Waals surface area contributed by atoms with Crippen molar-refractivity contribution >= 4 is 11.7 Å². The van der Waals surface area contributed by atoms with Crippen molar-refractivity contribution in [2.24, 2.45) is 0 Å². The van der Waals surface area contributed by atoms with Crippen molar-refractivity contribution in [3.63, 3.8) is 0 Å². The van der Waals surface area contributed by atoms with E-state index in [0.29, 0.717) is 5.69 Å². The largest absolute Gasteiger partial charge is 0.467 e. The lowest BCUT2D eigenvalue weighted by Crippen LogP contribution is -2.17. The predicted octanol–water partition coefficient (Wildman–Crippen LogP) is 0.199. The van der Waals surface area contributed by atoms with Crippen LogP contribution in [0.3, 0.4) is 0 Å². The van der Waals surface area contributed by atoms with Gasteiger partial charge in [-0.1, -0.05) is 0 Å². The van der Waals surface area contributed by atoms with Gasteiger partial charge in [-0.15, -0.1) is 0 Å². The van der Waals surface area contributed by atoms with E-state index in [1.54, 1.807) is 13.1 Å². The summed E-state index contributed by atoms with van der Waals surface area (Å²) in [6.07, 6.45) is 3.07. The standard InChI is InChI=1S/C7H11N3O2/c1-5(7(11)12-2)10-4-6(8)3-9-10/h3-5H,8H2,1-2H3/t5-/m0/s1. The van der Waals surface area contributed by atoms with Crippen LogP contribution in [-0.2, 0) is 9.53 Å². The second kappa shape index (κ2) is 3.25. The van der Waals surface area contributed by atoms with Gasteiger partial charge < -0.3 is 10.5 Å². The minimum absolute atomic E-state index is 0.335. The summed E-state index contributed by atoms with van der Waals surface area (Å²) in [7, 11) is 1.34. The number of aromatic nitrogens is 2. The molecule has 1 heterocycles. The van der Waals surface area contributed by atoms with E-state index in [4.69, 9.17) is 5.73 Å².